The Balaban J connectivity index is 1.74. The number of hydrogen-bond donors (Lipinski definition) is 1. The number of carboxylic acids is 1. The first-order valence-electron chi connectivity index (χ1n) is 10.2. The first kappa shape index (κ1) is 19.7. The zero-order chi connectivity index (χ0) is 21.1. The fourth-order valence-electron chi connectivity index (χ4n) is 3.89. The van der Waals surface area contributed by atoms with Crippen molar-refractivity contribution >= 4 is 23.2 Å². The van der Waals surface area contributed by atoms with Crippen molar-refractivity contribution in [1.29, 1.82) is 0 Å². The van der Waals surface area contributed by atoms with E-state index < -0.39 is 5.97 Å². The molecule has 0 amide bonds. The summed E-state index contributed by atoms with van der Waals surface area (Å²) in [5.74, 6) is 0.750. The van der Waals surface area contributed by atoms with Crippen molar-refractivity contribution in [1.82, 2.24) is 0 Å². The molecule has 3 aromatic carbocycles. The number of ether oxygens (including phenoxy) is 1. The molecule has 3 heteroatoms. The van der Waals surface area contributed by atoms with E-state index in [4.69, 9.17) is 4.74 Å². The van der Waals surface area contributed by atoms with Crippen LogP contribution in [0.2, 0.25) is 0 Å². The highest BCUT2D eigenvalue weighted by molar-refractivity contribution is 6.07. The molecule has 150 valence electrons. The number of benzene rings is 3. The summed E-state index contributed by atoms with van der Waals surface area (Å²) < 4.78 is 5.96. The number of carbonyl (C=O) groups is 1. The molecule has 0 fully saturated rings. The molecule has 0 radical (unpaired) electrons. The molecule has 30 heavy (non-hydrogen) atoms. The van der Waals surface area contributed by atoms with Crippen LogP contribution in [0.1, 0.15) is 42.5 Å². The van der Waals surface area contributed by atoms with E-state index in [9.17, 15) is 9.90 Å². The SMILES string of the molecule is CCc1ccc2c(c1)C(CC(=O)O)=C(C)/C2=C/c1cccc(Oc2ccccc2)c1. The van der Waals surface area contributed by atoms with Gasteiger partial charge >= 0.3 is 5.97 Å². The lowest BCUT2D eigenvalue weighted by atomic mass is 9.98. The lowest BCUT2D eigenvalue weighted by molar-refractivity contribution is -0.135. The smallest absolute Gasteiger partial charge is 0.307 e. The Labute approximate surface area is 177 Å². The highest BCUT2D eigenvalue weighted by Crippen LogP contribution is 2.44. The highest BCUT2D eigenvalue weighted by Gasteiger charge is 2.25. The summed E-state index contributed by atoms with van der Waals surface area (Å²) in [4.78, 5) is 11.5. The molecule has 0 spiro atoms. The van der Waals surface area contributed by atoms with Gasteiger partial charge in [0.25, 0.3) is 0 Å². The van der Waals surface area contributed by atoms with Crippen LogP contribution in [0.3, 0.4) is 0 Å². The van der Waals surface area contributed by atoms with Crippen LogP contribution in [0.5, 0.6) is 11.5 Å². The number of hydrogen-bond acceptors (Lipinski definition) is 2. The second-order valence-corrected chi connectivity index (χ2v) is 7.45. The molecule has 1 N–H and O–H groups in total. The third-order valence-corrected chi connectivity index (χ3v) is 5.44. The van der Waals surface area contributed by atoms with Crippen molar-refractivity contribution in [2.75, 3.05) is 0 Å². The van der Waals surface area contributed by atoms with Gasteiger partial charge in [-0.1, -0.05) is 55.5 Å². The monoisotopic (exact) mass is 396 g/mol. The van der Waals surface area contributed by atoms with Gasteiger partial charge in [0.15, 0.2) is 0 Å². The molecule has 3 aromatic rings. The van der Waals surface area contributed by atoms with Gasteiger partial charge in [0.2, 0.25) is 0 Å². The van der Waals surface area contributed by atoms with E-state index in [-0.39, 0.29) is 6.42 Å². The third kappa shape index (κ3) is 4.06. The van der Waals surface area contributed by atoms with Gasteiger partial charge in [0, 0.05) is 0 Å². The Hall–Kier alpha value is -3.59. The van der Waals surface area contributed by atoms with E-state index >= 15 is 0 Å². The van der Waals surface area contributed by atoms with E-state index in [1.807, 2.05) is 61.5 Å². The lowest BCUT2D eigenvalue weighted by Gasteiger charge is -2.08. The molecule has 1 aliphatic carbocycles. The number of aryl methyl sites for hydroxylation is 1. The molecular formula is C27H24O3. The maximum absolute atomic E-state index is 11.5. The Morgan fingerprint density at radius 1 is 0.933 bits per heavy atom. The molecule has 3 nitrogen and oxygen atoms in total. The topological polar surface area (TPSA) is 46.5 Å². The number of rotatable bonds is 6. The number of carboxylic acid groups (broad SMARTS) is 1. The Bertz CT molecular complexity index is 1150. The van der Waals surface area contributed by atoms with Gasteiger partial charge in [-0.05, 0) is 82.7 Å². The lowest BCUT2D eigenvalue weighted by Crippen LogP contribution is -1.97. The number of fused-ring (bicyclic) bond motifs is 1. The van der Waals surface area contributed by atoms with Crippen molar-refractivity contribution in [2.24, 2.45) is 0 Å². The molecule has 4 rings (SSSR count). The molecule has 0 unspecified atom stereocenters. The fraction of sp³-hybridized carbons (Fsp3) is 0.148. The summed E-state index contributed by atoms with van der Waals surface area (Å²) in [6.45, 7) is 4.12. The predicted molar refractivity (Wildman–Crippen MR) is 121 cm³/mol. The molecule has 0 atom stereocenters. The van der Waals surface area contributed by atoms with Crippen LogP contribution in [0.4, 0.5) is 0 Å². The molecule has 0 heterocycles. The van der Waals surface area contributed by atoms with Gasteiger partial charge in [-0.2, -0.15) is 0 Å². The Morgan fingerprint density at radius 2 is 1.70 bits per heavy atom. The Morgan fingerprint density at radius 3 is 2.43 bits per heavy atom. The van der Waals surface area contributed by atoms with Crippen LogP contribution >= 0.6 is 0 Å². The summed E-state index contributed by atoms with van der Waals surface area (Å²) in [5, 5.41) is 9.43. The van der Waals surface area contributed by atoms with Crippen LogP contribution < -0.4 is 4.74 Å². The molecule has 0 saturated carbocycles. The maximum atomic E-state index is 11.5. The maximum Gasteiger partial charge on any atom is 0.307 e. The standard InChI is InChI=1S/C27H24O3/c1-3-19-12-13-23-24(18(2)25(17-27(28)29)26(23)15-19)16-20-8-7-11-22(14-20)30-21-9-5-4-6-10-21/h4-16H,3,17H2,1-2H3,(H,28,29)/b24-16-. The molecule has 0 aromatic heterocycles. The van der Waals surface area contributed by atoms with Crippen LogP contribution in [-0.4, -0.2) is 11.1 Å². The summed E-state index contributed by atoms with van der Waals surface area (Å²) in [5.41, 5.74) is 7.35. The Kier molecular flexibility index (Phi) is 5.53. The van der Waals surface area contributed by atoms with E-state index in [0.717, 1.165) is 51.3 Å². The van der Waals surface area contributed by atoms with Crippen molar-refractivity contribution in [3.63, 3.8) is 0 Å². The second-order valence-electron chi connectivity index (χ2n) is 7.45. The average Bonchev–Trinajstić information content (AvgIpc) is 2.99. The largest absolute Gasteiger partial charge is 0.481 e. The molecular weight excluding hydrogens is 372 g/mol. The normalized spacial score (nSPS) is 14.1. The van der Waals surface area contributed by atoms with Crippen LogP contribution in [-0.2, 0) is 11.2 Å². The van der Waals surface area contributed by atoms with Crippen molar-refractivity contribution in [3.8, 4) is 11.5 Å². The molecule has 0 saturated heterocycles. The summed E-state index contributed by atoms with van der Waals surface area (Å²) in [7, 11) is 0. The first-order chi connectivity index (χ1) is 14.5. The predicted octanol–water partition coefficient (Wildman–Crippen LogP) is 6.84. The number of allylic oxidation sites excluding steroid dienone is 2. The molecule has 0 bridgehead atoms. The first-order valence-corrected chi connectivity index (χ1v) is 10.2. The zero-order valence-corrected chi connectivity index (χ0v) is 17.2. The van der Waals surface area contributed by atoms with Crippen LogP contribution in [0.15, 0.2) is 78.4 Å². The van der Waals surface area contributed by atoms with Crippen LogP contribution in [0, 0.1) is 0 Å². The quantitative estimate of drug-likeness (QED) is 0.496. The van der Waals surface area contributed by atoms with Gasteiger partial charge in [-0.15, -0.1) is 0 Å². The van der Waals surface area contributed by atoms with Crippen molar-refractivity contribution in [3.05, 3.63) is 101 Å². The minimum atomic E-state index is -0.809. The van der Waals surface area contributed by atoms with E-state index in [1.54, 1.807) is 0 Å². The van der Waals surface area contributed by atoms with Crippen molar-refractivity contribution < 1.29 is 14.6 Å². The molecule has 0 aliphatic heterocycles. The van der Waals surface area contributed by atoms with Gasteiger partial charge < -0.3 is 9.84 Å². The van der Waals surface area contributed by atoms with Gasteiger partial charge in [0.05, 0.1) is 6.42 Å². The zero-order valence-electron chi connectivity index (χ0n) is 17.2. The van der Waals surface area contributed by atoms with E-state index in [2.05, 4.69) is 31.2 Å². The summed E-state index contributed by atoms with van der Waals surface area (Å²) in [6, 6.07) is 24.0. The van der Waals surface area contributed by atoms with E-state index in [1.165, 1.54) is 5.56 Å². The summed E-state index contributed by atoms with van der Waals surface area (Å²) >= 11 is 0. The number of para-hydroxylation sites is 1. The van der Waals surface area contributed by atoms with Crippen molar-refractivity contribution in [2.45, 2.75) is 26.7 Å². The van der Waals surface area contributed by atoms with Gasteiger partial charge in [-0.25, -0.2) is 0 Å². The minimum Gasteiger partial charge on any atom is -0.481 e. The van der Waals surface area contributed by atoms with Gasteiger partial charge in [-0.3, -0.25) is 4.79 Å². The minimum absolute atomic E-state index is 0.0283. The third-order valence-electron chi connectivity index (χ3n) is 5.44. The van der Waals surface area contributed by atoms with Crippen LogP contribution in [0.25, 0.3) is 17.2 Å². The average molecular weight is 396 g/mol. The molecule has 1 aliphatic rings. The highest BCUT2D eigenvalue weighted by atomic mass is 16.5. The van der Waals surface area contributed by atoms with Gasteiger partial charge in [0.1, 0.15) is 11.5 Å². The fourth-order valence-corrected chi connectivity index (χ4v) is 3.89. The van der Waals surface area contributed by atoms with E-state index in [0.29, 0.717) is 0 Å². The number of aliphatic carboxylic acids is 1. The second kappa shape index (κ2) is 8.42. The summed E-state index contributed by atoms with van der Waals surface area (Å²) in [6.07, 6.45) is 3.07.